The molecule has 0 fully saturated rings. The van der Waals surface area contributed by atoms with Gasteiger partial charge in [-0.05, 0) is 12.1 Å². The monoisotopic (exact) mass is 337 g/mol. The highest BCUT2D eigenvalue weighted by atomic mass is 79.9. The van der Waals surface area contributed by atoms with E-state index in [1.165, 1.54) is 19.5 Å². The maximum absolute atomic E-state index is 11.4. The first-order chi connectivity index (χ1) is 9.62. The number of carbonyl (C=O) groups is 1. The van der Waals surface area contributed by atoms with Gasteiger partial charge in [-0.1, -0.05) is 15.9 Å². The molecule has 0 radical (unpaired) electrons. The van der Waals surface area contributed by atoms with Crippen LogP contribution in [0.25, 0.3) is 0 Å². The second kappa shape index (κ2) is 6.33. The third-order valence-corrected chi connectivity index (χ3v) is 2.87. The van der Waals surface area contributed by atoms with Gasteiger partial charge in [0, 0.05) is 16.2 Å². The maximum Gasteiger partial charge on any atom is 0.358 e. The molecule has 20 heavy (non-hydrogen) atoms. The van der Waals surface area contributed by atoms with Crippen LogP contribution in [-0.2, 0) is 4.74 Å². The molecule has 104 valence electrons. The van der Waals surface area contributed by atoms with Crippen LogP contribution in [0, 0.1) is 0 Å². The van der Waals surface area contributed by atoms with E-state index in [9.17, 15) is 4.79 Å². The Morgan fingerprint density at radius 2 is 2.05 bits per heavy atom. The van der Waals surface area contributed by atoms with E-state index < -0.39 is 5.97 Å². The molecular formula is C13H12BrN3O3. The molecule has 2 aromatic rings. The number of hydrogen-bond acceptors (Lipinski definition) is 6. The van der Waals surface area contributed by atoms with Crippen molar-refractivity contribution in [3.63, 3.8) is 0 Å². The minimum Gasteiger partial charge on any atom is -0.497 e. The van der Waals surface area contributed by atoms with Gasteiger partial charge in [0.05, 0.1) is 26.6 Å². The molecule has 1 heterocycles. The van der Waals surface area contributed by atoms with Gasteiger partial charge in [0.25, 0.3) is 0 Å². The number of nitrogens with zero attached hydrogens (tertiary/aromatic N) is 2. The van der Waals surface area contributed by atoms with Crippen molar-refractivity contribution in [3.8, 4) is 5.75 Å². The number of halogens is 1. The van der Waals surface area contributed by atoms with Crippen molar-refractivity contribution >= 4 is 33.4 Å². The third kappa shape index (κ3) is 3.45. The molecule has 1 N–H and O–H groups in total. The van der Waals surface area contributed by atoms with E-state index in [0.717, 1.165) is 10.2 Å². The molecule has 6 nitrogen and oxygen atoms in total. The molecule has 0 aliphatic heterocycles. The summed E-state index contributed by atoms with van der Waals surface area (Å²) in [5.74, 6) is 0.597. The smallest absolute Gasteiger partial charge is 0.358 e. The van der Waals surface area contributed by atoms with Gasteiger partial charge < -0.3 is 14.8 Å². The van der Waals surface area contributed by atoms with Crippen LogP contribution in [0.3, 0.4) is 0 Å². The van der Waals surface area contributed by atoms with Gasteiger partial charge in [0.2, 0.25) is 0 Å². The highest BCUT2D eigenvalue weighted by Crippen LogP contribution is 2.26. The Bertz CT molecular complexity index is 634. The average molecular weight is 338 g/mol. The van der Waals surface area contributed by atoms with E-state index in [2.05, 4.69) is 36.0 Å². The summed E-state index contributed by atoms with van der Waals surface area (Å²) < 4.78 is 10.6. The van der Waals surface area contributed by atoms with Crippen molar-refractivity contribution in [2.24, 2.45) is 0 Å². The van der Waals surface area contributed by atoms with E-state index >= 15 is 0 Å². The lowest BCUT2D eigenvalue weighted by Gasteiger charge is -2.08. The zero-order chi connectivity index (χ0) is 14.5. The molecular weight excluding hydrogens is 326 g/mol. The molecule has 0 atom stereocenters. The van der Waals surface area contributed by atoms with Crippen LogP contribution >= 0.6 is 15.9 Å². The third-order valence-electron chi connectivity index (χ3n) is 2.41. The molecule has 0 amide bonds. The van der Waals surface area contributed by atoms with E-state index in [4.69, 9.17) is 4.74 Å². The summed E-state index contributed by atoms with van der Waals surface area (Å²) >= 11 is 3.39. The Balaban J connectivity index is 2.26. The topological polar surface area (TPSA) is 73.3 Å². The van der Waals surface area contributed by atoms with E-state index in [-0.39, 0.29) is 5.69 Å². The van der Waals surface area contributed by atoms with Gasteiger partial charge in [-0.2, -0.15) is 0 Å². The molecule has 1 aromatic carbocycles. The normalized spacial score (nSPS) is 9.95. The van der Waals surface area contributed by atoms with Crippen LogP contribution in [0.15, 0.2) is 35.1 Å². The first kappa shape index (κ1) is 14.3. The lowest BCUT2D eigenvalue weighted by atomic mass is 10.3. The van der Waals surface area contributed by atoms with Crippen molar-refractivity contribution in [1.29, 1.82) is 0 Å². The molecule has 7 heteroatoms. The van der Waals surface area contributed by atoms with Crippen LogP contribution in [0.2, 0.25) is 0 Å². The second-order valence-corrected chi connectivity index (χ2v) is 4.70. The fraction of sp³-hybridized carbons (Fsp3) is 0.154. The summed E-state index contributed by atoms with van der Waals surface area (Å²) in [5, 5.41) is 3.05. The maximum atomic E-state index is 11.4. The highest BCUT2D eigenvalue weighted by molar-refractivity contribution is 9.10. The zero-order valence-corrected chi connectivity index (χ0v) is 12.5. The quantitative estimate of drug-likeness (QED) is 0.865. The van der Waals surface area contributed by atoms with Gasteiger partial charge in [-0.15, -0.1) is 0 Å². The van der Waals surface area contributed by atoms with Gasteiger partial charge in [-0.25, -0.2) is 9.78 Å². The number of ether oxygens (including phenoxy) is 2. The van der Waals surface area contributed by atoms with Crippen LogP contribution in [0.1, 0.15) is 10.5 Å². The molecule has 2 rings (SSSR count). The van der Waals surface area contributed by atoms with Gasteiger partial charge >= 0.3 is 5.97 Å². The van der Waals surface area contributed by atoms with Crippen LogP contribution in [-0.4, -0.2) is 30.2 Å². The van der Waals surface area contributed by atoms with Crippen molar-refractivity contribution < 1.29 is 14.3 Å². The Hall–Kier alpha value is -2.15. The Morgan fingerprint density at radius 3 is 2.75 bits per heavy atom. The number of esters is 1. The predicted molar refractivity (Wildman–Crippen MR) is 77.3 cm³/mol. The van der Waals surface area contributed by atoms with Gasteiger partial charge in [0.15, 0.2) is 5.69 Å². The highest BCUT2D eigenvalue weighted by Gasteiger charge is 2.09. The van der Waals surface area contributed by atoms with Crippen LogP contribution in [0.5, 0.6) is 5.75 Å². The second-order valence-electron chi connectivity index (χ2n) is 3.79. The first-order valence-corrected chi connectivity index (χ1v) is 6.43. The van der Waals surface area contributed by atoms with E-state index in [0.29, 0.717) is 11.6 Å². The Labute approximate surface area is 124 Å². The molecule has 1 aromatic heterocycles. The predicted octanol–water partition coefficient (Wildman–Crippen LogP) is 2.78. The minimum atomic E-state index is -0.534. The lowest BCUT2D eigenvalue weighted by molar-refractivity contribution is 0.0593. The fourth-order valence-electron chi connectivity index (χ4n) is 1.53. The fourth-order valence-corrected chi connectivity index (χ4v) is 2.00. The molecule has 0 spiro atoms. The molecule has 0 aliphatic carbocycles. The molecule has 0 bridgehead atoms. The molecule has 0 saturated heterocycles. The standard InChI is InChI=1S/C13H12BrN3O3/c1-19-10-4-8(14)3-9(5-10)16-12-7-15-6-11(17-12)13(18)20-2/h3-7H,1-2H3,(H,16,17). The van der Waals surface area contributed by atoms with Crippen molar-refractivity contribution in [2.45, 2.75) is 0 Å². The number of benzene rings is 1. The molecule has 0 saturated carbocycles. The SMILES string of the molecule is COC(=O)c1cncc(Nc2cc(Br)cc(OC)c2)n1. The number of nitrogens with one attached hydrogen (secondary N) is 1. The summed E-state index contributed by atoms with van der Waals surface area (Å²) in [4.78, 5) is 19.5. The lowest BCUT2D eigenvalue weighted by Crippen LogP contribution is -2.06. The van der Waals surface area contributed by atoms with E-state index in [1.54, 1.807) is 13.2 Å². The molecule has 0 aliphatic rings. The van der Waals surface area contributed by atoms with E-state index in [1.807, 2.05) is 12.1 Å². The van der Waals surface area contributed by atoms with Gasteiger partial charge in [-0.3, -0.25) is 4.98 Å². The average Bonchev–Trinajstić information content (AvgIpc) is 2.46. The number of anilines is 2. The summed E-state index contributed by atoms with van der Waals surface area (Å²) in [5.41, 5.74) is 0.895. The minimum absolute atomic E-state index is 0.138. The van der Waals surface area contributed by atoms with Crippen LogP contribution in [0.4, 0.5) is 11.5 Å². The largest absolute Gasteiger partial charge is 0.497 e. The number of aromatic nitrogens is 2. The Morgan fingerprint density at radius 1 is 1.25 bits per heavy atom. The summed E-state index contributed by atoms with van der Waals surface area (Å²) in [6.45, 7) is 0. The number of methoxy groups -OCH3 is 2. The van der Waals surface area contributed by atoms with Crippen molar-refractivity contribution in [1.82, 2.24) is 9.97 Å². The number of rotatable bonds is 4. The molecule has 0 unspecified atom stereocenters. The summed E-state index contributed by atoms with van der Waals surface area (Å²) in [6, 6.07) is 5.49. The van der Waals surface area contributed by atoms with Crippen molar-refractivity contribution in [3.05, 3.63) is 40.8 Å². The zero-order valence-electron chi connectivity index (χ0n) is 10.9. The van der Waals surface area contributed by atoms with Crippen LogP contribution < -0.4 is 10.1 Å². The van der Waals surface area contributed by atoms with Gasteiger partial charge in [0.1, 0.15) is 11.6 Å². The summed E-state index contributed by atoms with van der Waals surface area (Å²) in [7, 11) is 2.88. The number of carbonyl (C=O) groups excluding carboxylic acids is 1. The Kier molecular flexibility index (Phi) is 4.52. The van der Waals surface area contributed by atoms with Crippen molar-refractivity contribution in [2.75, 3.05) is 19.5 Å². The summed E-state index contributed by atoms with van der Waals surface area (Å²) in [6.07, 6.45) is 2.86. The first-order valence-electron chi connectivity index (χ1n) is 5.64. The number of hydrogen-bond donors (Lipinski definition) is 1.